The predicted octanol–water partition coefficient (Wildman–Crippen LogP) is 2.09. The van der Waals surface area contributed by atoms with Crippen molar-refractivity contribution in [2.24, 2.45) is 0 Å². The number of hydrogen-bond donors (Lipinski definition) is 1. The van der Waals surface area contributed by atoms with Crippen LogP contribution < -0.4 is 0 Å². The van der Waals surface area contributed by atoms with Crippen molar-refractivity contribution in [2.75, 3.05) is 0 Å². The second-order valence-electron chi connectivity index (χ2n) is 3.76. The van der Waals surface area contributed by atoms with Crippen molar-refractivity contribution in [1.29, 1.82) is 5.26 Å². The van der Waals surface area contributed by atoms with Crippen LogP contribution >= 0.6 is 0 Å². The maximum absolute atomic E-state index is 9.72. The van der Waals surface area contributed by atoms with Crippen molar-refractivity contribution in [1.82, 2.24) is 0 Å². The summed E-state index contributed by atoms with van der Waals surface area (Å²) in [6, 6.07) is 7.48. The molecule has 0 aliphatic carbocycles. The lowest BCUT2D eigenvalue weighted by atomic mass is 9.95. The predicted molar refractivity (Wildman–Crippen MR) is 51.1 cm³/mol. The van der Waals surface area contributed by atoms with Gasteiger partial charge in [-0.15, -0.1) is 0 Å². The average molecular weight is 175 g/mol. The second-order valence-corrected chi connectivity index (χ2v) is 3.76. The fourth-order valence-electron chi connectivity index (χ4n) is 1.20. The zero-order chi connectivity index (χ0) is 10.1. The van der Waals surface area contributed by atoms with Crippen LogP contribution in [0.25, 0.3) is 0 Å². The Morgan fingerprint density at radius 3 is 2.38 bits per heavy atom. The maximum atomic E-state index is 9.72. The van der Waals surface area contributed by atoms with Crippen LogP contribution in [0.3, 0.4) is 0 Å². The number of aryl methyl sites for hydroxylation is 1. The largest absolute Gasteiger partial charge is 0.386 e. The number of nitrogens with zero attached hydrogens (tertiary/aromatic N) is 1. The van der Waals surface area contributed by atoms with E-state index < -0.39 is 5.60 Å². The smallest absolute Gasteiger partial charge is 0.0991 e. The molecule has 0 bridgehead atoms. The topological polar surface area (TPSA) is 44.0 Å². The van der Waals surface area contributed by atoms with Gasteiger partial charge in [0.2, 0.25) is 0 Å². The third kappa shape index (κ3) is 2.30. The lowest BCUT2D eigenvalue weighted by molar-refractivity contribution is 0.0785. The van der Waals surface area contributed by atoms with Gasteiger partial charge in [0.1, 0.15) is 0 Å². The molecule has 1 N–H and O–H groups in total. The SMILES string of the molecule is Cc1cc(C#N)cc(C(C)(C)O)c1. The highest BCUT2D eigenvalue weighted by Gasteiger charge is 2.16. The molecule has 1 aromatic carbocycles. The van der Waals surface area contributed by atoms with Crippen molar-refractivity contribution in [2.45, 2.75) is 26.4 Å². The summed E-state index contributed by atoms with van der Waals surface area (Å²) in [4.78, 5) is 0. The lowest BCUT2D eigenvalue weighted by Crippen LogP contribution is -2.15. The Morgan fingerprint density at radius 1 is 1.31 bits per heavy atom. The van der Waals surface area contributed by atoms with Crippen LogP contribution in [-0.4, -0.2) is 5.11 Å². The first-order valence-corrected chi connectivity index (χ1v) is 4.18. The van der Waals surface area contributed by atoms with E-state index in [4.69, 9.17) is 5.26 Å². The molecule has 0 atom stereocenters. The molecule has 2 nitrogen and oxygen atoms in total. The van der Waals surface area contributed by atoms with Crippen molar-refractivity contribution < 1.29 is 5.11 Å². The summed E-state index contributed by atoms with van der Waals surface area (Å²) in [5, 5.41) is 18.4. The van der Waals surface area contributed by atoms with E-state index in [1.165, 1.54) is 0 Å². The van der Waals surface area contributed by atoms with Crippen LogP contribution in [-0.2, 0) is 5.60 Å². The Balaban J connectivity index is 3.26. The molecule has 0 aliphatic heterocycles. The Bertz CT molecular complexity index is 355. The Labute approximate surface area is 78.4 Å². The molecule has 0 aliphatic rings. The highest BCUT2D eigenvalue weighted by molar-refractivity contribution is 5.38. The molecule has 0 saturated carbocycles. The summed E-state index contributed by atoms with van der Waals surface area (Å²) in [5.74, 6) is 0. The third-order valence-corrected chi connectivity index (χ3v) is 1.91. The van der Waals surface area contributed by atoms with Gasteiger partial charge in [-0.05, 0) is 44.0 Å². The van der Waals surface area contributed by atoms with Gasteiger partial charge in [-0.1, -0.05) is 6.07 Å². The Morgan fingerprint density at radius 2 is 1.92 bits per heavy atom. The number of rotatable bonds is 1. The van der Waals surface area contributed by atoms with E-state index in [-0.39, 0.29) is 0 Å². The van der Waals surface area contributed by atoms with Crippen LogP contribution in [0.5, 0.6) is 0 Å². The minimum atomic E-state index is -0.877. The first kappa shape index (κ1) is 9.76. The zero-order valence-electron chi connectivity index (χ0n) is 8.13. The Kier molecular flexibility index (Phi) is 2.40. The van der Waals surface area contributed by atoms with Gasteiger partial charge in [-0.3, -0.25) is 0 Å². The van der Waals surface area contributed by atoms with Crippen molar-refractivity contribution in [3.63, 3.8) is 0 Å². The van der Waals surface area contributed by atoms with E-state index in [9.17, 15) is 5.11 Å². The molecular weight excluding hydrogens is 162 g/mol. The maximum Gasteiger partial charge on any atom is 0.0991 e. The first-order chi connectivity index (χ1) is 5.93. The molecule has 13 heavy (non-hydrogen) atoms. The molecule has 0 aromatic heterocycles. The summed E-state index contributed by atoms with van der Waals surface area (Å²) in [5.41, 5.74) is 1.50. The highest BCUT2D eigenvalue weighted by Crippen LogP contribution is 2.21. The lowest BCUT2D eigenvalue weighted by Gasteiger charge is -2.18. The molecule has 0 radical (unpaired) electrons. The fraction of sp³-hybridized carbons (Fsp3) is 0.364. The molecule has 2 heteroatoms. The van der Waals surface area contributed by atoms with E-state index in [2.05, 4.69) is 6.07 Å². The van der Waals surface area contributed by atoms with Crippen LogP contribution in [0.4, 0.5) is 0 Å². The van der Waals surface area contributed by atoms with Crippen molar-refractivity contribution in [3.05, 3.63) is 34.9 Å². The van der Waals surface area contributed by atoms with E-state index in [0.717, 1.165) is 11.1 Å². The number of benzene rings is 1. The summed E-state index contributed by atoms with van der Waals surface area (Å²) in [6.07, 6.45) is 0. The molecule has 0 unspecified atom stereocenters. The van der Waals surface area contributed by atoms with Crippen LogP contribution in [0.15, 0.2) is 18.2 Å². The average Bonchev–Trinajstić information content (AvgIpc) is 2.01. The molecule has 1 rings (SSSR count). The summed E-state index contributed by atoms with van der Waals surface area (Å²) < 4.78 is 0. The molecule has 1 aromatic rings. The molecular formula is C11H13NO. The summed E-state index contributed by atoms with van der Waals surface area (Å²) in [6.45, 7) is 5.34. The van der Waals surface area contributed by atoms with Gasteiger partial charge >= 0.3 is 0 Å². The Hall–Kier alpha value is -1.33. The minimum Gasteiger partial charge on any atom is -0.386 e. The van der Waals surface area contributed by atoms with E-state index in [0.29, 0.717) is 5.56 Å². The van der Waals surface area contributed by atoms with Crippen LogP contribution in [0.1, 0.15) is 30.5 Å². The minimum absolute atomic E-state index is 0.595. The molecule has 0 fully saturated rings. The molecule has 0 spiro atoms. The molecule has 0 heterocycles. The van der Waals surface area contributed by atoms with Gasteiger partial charge in [0.25, 0.3) is 0 Å². The van der Waals surface area contributed by atoms with Gasteiger partial charge in [0.05, 0.1) is 17.2 Å². The van der Waals surface area contributed by atoms with Gasteiger partial charge in [-0.25, -0.2) is 0 Å². The highest BCUT2D eigenvalue weighted by atomic mass is 16.3. The molecule has 0 amide bonds. The zero-order valence-corrected chi connectivity index (χ0v) is 8.13. The summed E-state index contributed by atoms with van der Waals surface area (Å²) in [7, 11) is 0. The van der Waals surface area contributed by atoms with Crippen molar-refractivity contribution >= 4 is 0 Å². The molecule has 68 valence electrons. The van der Waals surface area contributed by atoms with E-state index in [1.54, 1.807) is 26.0 Å². The van der Waals surface area contributed by atoms with E-state index >= 15 is 0 Å². The van der Waals surface area contributed by atoms with Gasteiger partial charge < -0.3 is 5.11 Å². The first-order valence-electron chi connectivity index (χ1n) is 4.18. The normalized spacial score (nSPS) is 11.0. The van der Waals surface area contributed by atoms with Gasteiger partial charge in [0, 0.05) is 0 Å². The number of nitriles is 1. The van der Waals surface area contributed by atoms with E-state index in [1.807, 2.05) is 13.0 Å². The summed E-state index contributed by atoms with van der Waals surface area (Å²) >= 11 is 0. The second kappa shape index (κ2) is 3.20. The third-order valence-electron chi connectivity index (χ3n) is 1.91. The van der Waals surface area contributed by atoms with Crippen molar-refractivity contribution in [3.8, 4) is 6.07 Å². The quantitative estimate of drug-likeness (QED) is 0.710. The van der Waals surface area contributed by atoms with Gasteiger partial charge in [-0.2, -0.15) is 5.26 Å². The fourth-order valence-corrected chi connectivity index (χ4v) is 1.20. The number of aliphatic hydroxyl groups is 1. The molecule has 0 saturated heterocycles. The standard InChI is InChI=1S/C11H13NO/c1-8-4-9(7-12)6-10(5-8)11(2,3)13/h4-6,13H,1-3H3. The van der Waals surface area contributed by atoms with Crippen LogP contribution in [0, 0.1) is 18.3 Å². The number of hydrogen-bond acceptors (Lipinski definition) is 2. The monoisotopic (exact) mass is 175 g/mol. The van der Waals surface area contributed by atoms with Crippen LogP contribution in [0.2, 0.25) is 0 Å². The van der Waals surface area contributed by atoms with Gasteiger partial charge in [0.15, 0.2) is 0 Å².